The molecule has 0 fully saturated rings. The molecule has 0 amide bonds. The number of rotatable bonds is 5. The van der Waals surface area contributed by atoms with Crippen LogP contribution < -0.4 is 10.9 Å². The van der Waals surface area contributed by atoms with Crippen LogP contribution >= 0.6 is 0 Å². The van der Waals surface area contributed by atoms with Crippen molar-refractivity contribution in [3.05, 3.63) is 28.4 Å². The van der Waals surface area contributed by atoms with Gasteiger partial charge in [0.2, 0.25) is 0 Å². The van der Waals surface area contributed by atoms with Crippen molar-refractivity contribution in [2.45, 2.75) is 26.3 Å². The molecule has 0 radical (unpaired) electrons. The van der Waals surface area contributed by atoms with E-state index in [1.807, 2.05) is 0 Å². The lowest BCUT2D eigenvalue weighted by molar-refractivity contribution is 0.631. The Labute approximate surface area is 92.7 Å². The topological polar surface area (TPSA) is 75.1 Å². The molecule has 0 bridgehead atoms. The molecule has 2 N–H and O–H groups in total. The molecule has 0 spiro atoms. The van der Waals surface area contributed by atoms with E-state index in [0.29, 0.717) is 12.3 Å². The number of hydrogen-bond donors (Lipinski definition) is 2. The van der Waals surface area contributed by atoms with Gasteiger partial charge < -0.3 is 5.32 Å². The van der Waals surface area contributed by atoms with E-state index < -0.39 is 0 Å². The third-order valence-electron chi connectivity index (χ3n) is 2.33. The average Bonchev–Trinajstić information content (AvgIpc) is 2.73. The summed E-state index contributed by atoms with van der Waals surface area (Å²) in [4.78, 5) is 19.8. The van der Waals surface area contributed by atoms with Crippen molar-refractivity contribution >= 4 is 5.78 Å². The highest BCUT2D eigenvalue weighted by Crippen LogP contribution is 1.94. The number of hydrogen-bond acceptors (Lipinski definition) is 4. The average molecular weight is 221 g/mol. The first-order valence-corrected chi connectivity index (χ1v) is 5.44. The number of aromatic amines is 1. The number of fused-ring (bicyclic) bond motifs is 1. The highest BCUT2D eigenvalue weighted by atomic mass is 16.1. The van der Waals surface area contributed by atoms with Gasteiger partial charge in [0.1, 0.15) is 6.33 Å². The van der Waals surface area contributed by atoms with Crippen LogP contribution in [0.15, 0.2) is 17.2 Å². The van der Waals surface area contributed by atoms with Gasteiger partial charge in [-0.1, -0.05) is 13.3 Å². The molecule has 6 heteroatoms. The summed E-state index contributed by atoms with van der Waals surface area (Å²) in [6.45, 7) is 3.69. The molecule has 2 rings (SSSR count). The summed E-state index contributed by atoms with van der Waals surface area (Å²) in [5, 5.41) is 5.94. The zero-order valence-electron chi connectivity index (χ0n) is 9.23. The van der Waals surface area contributed by atoms with Crippen LogP contribution in [0.25, 0.3) is 5.78 Å². The maximum Gasteiger partial charge on any atom is 0.274 e. The first-order valence-electron chi connectivity index (χ1n) is 5.44. The van der Waals surface area contributed by atoms with E-state index in [4.69, 9.17) is 0 Å². The molecular formula is C10H15N5O. The van der Waals surface area contributed by atoms with Gasteiger partial charge >= 0.3 is 0 Å². The normalized spacial score (nSPS) is 11.1. The van der Waals surface area contributed by atoms with Crippen LogP contribution in [-0.4, -0.2) is 26.1 Å². The number of aromatic nitrogens is 4. The van der Waals surface area contributed by atoms with Gasteiger partial charge in [-0.3, -0.25) is 9.89 Å². The van der Waals surface area contributed by atoms with Crippen molar-refractivity contribution in [1.29, 1.82) is 0 Å². The van der Waals surface area contributed by atoms with Crippen LogP contribution in [0.3, 0.4) is 0 Å². The van der Waals surface area contributed by atoms with E-state index in [1.54, 1.807) is 0 Å². The van der Waals surface area contributed by atoms with E-state index >= 15 is 0 Å². The molecule has 0 aliphatic rings. The predicted octanol–water partition coefficient (Wildman–Crippen LogP) is 0.307. The second-order valence-corrected chi connectivity index (χ2v) is 3.64. The van der Waals surface area contributed by atoms with Crippen molar-refractivity contribution in [3.63, 3.8) is 0 Å². The standard InChI is InChI=1S/C10H15N5O/c1-2-3-4-11-6-8-5-9(16)15-10(14-8)12-7-13-15/h5,7,11H,2-4,6H2,1H3,(H,12,13,14). The summed E-state index contributed by atoms with van der Waals surface area (Å²) >= 11 is 0. The SMILES string of the molecule is CCCCNCc1cc(=O)n2[nH]cnc2n1. The quantitative estimate of drug-likeness (QED) is 0.712. The summed E-state index contributed by atoms with van der Waals surface area (Å²) in [6, 6.07) is 1.52. The van der Waals surface area contributed by atoms with Crippen molar-refractivity contribution < 1.29 is 0 Å². The van der Waals surface area contributed by atoms with Crippen molar-refractivity contribution in [2.24, 2.45) is 0 Å². The summed E-state index contributed by atoms with van der Waals surface area (Å²) in [5.74, 6) is 0.416. The number of nitrogens with zero attached hydrogens (tertiary/aromatic N) is 3. The monoisotopic (exact) mass is 221 g/mol. The summed E-state index contributed by atoms with van der Waals surface area (Å²) in [6.07, 6.45) is 3.74. The van der Waals surface area contributed by atoms with Gasteiger partial charge in [-0.25, -0.2) is 9.97 Å². The van der Waals surface area contributed by atoms with E-state index in [-0.39, 0.29) is 5.56 Å². The molecule has 2 aromatic rings. The van der Waals surface area contributed by atoms with E-state index in [2.05, 4.69) is 27.3 Å². The van der Waals surface area contributed by atoms with Crippen molar-refractivity contribution in [3.8, 4) is 0 Å². The zero-order valence-corrected chi connectivity index (χ0v) is 9.23. The highest BCUT2D eigenvalue weighted by molar-refractivity contribution is 5.25. The van der Waals surface area contributed by atoms with Crippen LogP contribution in [0.2, 0.25) is 0 Å². The zero-order chi connectivity index (χ0) is 11.4. The Morgan fingerprint density at radius 2 is 2.44 bits per heavy atom. The summed E-state index contributed by atoms with van der Waals surface area (Å²) in [5.41, 5.74) is 0.600. The minimum atomic E-state index is -0.130. The molecular weight excluding hydrogens is 206 g/mol. The molecule has 0 aliphatic heterocycles. The van der Waals surface area contributed by atoms with Crippen LogP contribution in [0, 0.1) is 0 Å². The maximum atomic E-state index is 11.6. The fourth-order valence-electron chi connectivity index (χ4n) is 1.48. The predicted molar refractivity (Wildman–Crippen MR) is 60.2 cm³/mol. The summed E-state index contributed by atoms with van der Waals surface area (Å²) < 4.78 is 1.32. The fourth-order valence-corrected chi connectivity index (χ4v) is 1.48. The Morgan fingerprint density at radius 3 is 3.25 bits per heavy atom. The lowest BCUT2D eigenvalue weighted by atomic mass is 10.3. The Balaban J connectivity index is 2.10. The lowest BCUT2D eigenvalue weighted by Gasteiger charge is -2.02. The van der Waals surface area contributed by atoms with Gasteiger partial charge in [0.25, 0.3) is 11.3 Å². The van der Waals surface area contributed by atoms with Crippen molar-refractivity contribution in [1.82, 2.24) is 24.9 Å². The van der Waals surface area contributed by atoms with Gasteiger partial charge in [0.15, 0.2) is 0 Å². The van der Waals surface area contributed by atoms with Crippen LogP contribution in [0.1, 0.15) is 25.5 Å². The molecule has 2 aromatic heterocycles. The Morgan fingerprint density at radius 1 is 1.56 bits per heavy atom. The lowest BCUT2D eigenvalue weighted by Crippen LogP contribution is -2.20. The third-order valence-corrected chi connectivity index (χ3v) is 2.33. The Kier molecular flexibility index (Phi) is 3.31. The first-order chi connectivity index (χ1) is 7.81. The van der Waals surface area contributed by atoms with Gasteiger partial charge in [-0.15, -0.1) is 0 Å². The van der Waals surface area contributed by atoms with Crippen LogP contribution in [0.5, 0.6) is 0 Å². The Bertz CT molecular complexity index is 515. The number of unbranched alkanes of at least 4 members (excludes halogenated alkanes) is 1. The Hall–Kier alpha value is -1.69. The second kappa shape index (κ2) is 4.89. The second-order valence-electron chi connectivity index (χ2n) is 3.64. The molecule has 16 heavy (non-hydrogen) atoms. The van der Waals surface area contributed by atoms with E-state index in [0.717, 1.165) is 25.1 Å². The molecule has 0 saturated carbocycles. The summed E-state index contributed by atoms with van der Waals surface area (Å²) in [7, 11) is 0. The fraction of sp³-hybridized carbons (Fsp3) is 0.500. The van der Waals surface area contributed by atoms with Gasteiger partial charge in [0, 0.05) is 12.6 Å². The van der Waals surface area contributed by atoms with Crippen LogP contribution in [0.4, 0.5) is 0 Å². The number of H-pyrrole nitrogens is 1. The molecule has 2 heterocycles. The molecule has 86 valence electrons. The first kappa shape index (κ1) is 10.8. The van der Waals surface area contributed by atoms with E-state index in [9.17, 15) is 4.79 Å². The third kappa shape index (κ3) is 2.27. The van der Waals surface area contributed by atoms with Crippen LogP contribution in [-0.2, 0) is 6.54 Å². The molecule has 6 nitrogen and oxygen atoms in total. The highest BCUT2D eigenvalue weighted by Gasteiger charge is 2.02. The molecule has 0 saturated heterocycles. The van der Waals surface area contributed by atoms with Gasteiger partial charge in [0.05, 0.1) is 5.69 Å². The minimum Gasteiger partial charge on any atom is -0.311 e. The molecule has 0 atom stereocenters. The van der Waals surface area contributed by atoms with E-state index in [1.165, 1.54) is 16.9 Å². The number of nitrogens with one attached hydrogen (secondary N) is 2. The molecule has 0 aliphatic carbocycles. The molecule has 0 aromatic carbocycles. The smallest absolute Gasteiger partial charge is 0.274 e. The van der Waals surface area contributed by atoms with Gasteiger partial charge in [-0.2, -0.15) is 4.52 Å². The van der Waals surface area contributed by atoms with Crippen molar-refractivity contribution in [2.75, 3.05) is 6.54 Å². The maximum absolute atomic E-state index is 11.6. The minimum absolute atomic E-state index is 0.130. The largest absolute Gasteiger partial charge is 0.311 e. The molecule has 0 unspecified atom stereocenters. The van der Waals surface area contributed by atoms with Gasteiger partial charge in [-0.05, 0) is 13.0 Å².